The molecular formula is C22H21F3N6O. The summed E-state index contributed by atoms with van der Waals surface area (Å²) in [6.07, 6.45) is 0.175. The maximum absolute atomic E-state index is 13.7. The monoisotopic (exact) mass is 442 g/mol. The number of fused-ring (bicyclic) bond motifs is 2. The van der Waals surface area contributed by atoms with Gasteiger partial charge < -0.3 is 14.6 Å². The first-order valence-electron chi connectivity index (χ1n) is 10.3. The van der Waals surface area contributed by atoms with Gasteiger partial charge in [0.1, 0.15) is 11.3 Å². The van der Waals surface area contributed by atoms with Crippen LogP contribution >= 0.6 is 0 Å². The summed E-state index contributed by atoms with van der Waals surface area (Å²) >= 11 is 0. The first-order valence-corrected chi connectivity index (χ1v) is 10.3. The minimum Gasteiger partial charge on any atom is -0.368 e. The van der Waals surface area contributed by atoms with Crippen molar-refractivity contribution < 1.29 is 13.2 Å². The highest BCUT2D eigenvalue weighted by Gasteiger charge is 2.34. The number of alkyl halides is 3. The summed E-state index contributed by atoms with van der Waals surface area (Å²) in [5, 5.41) is 3.38. The summed E-state index contributed by atoms with van der Waals surface area (Å²) in [6, 6.07) is 6.20. The molecule has 1 fully saturated rings. The van der Waals surface area contributed by atoms with E-state index in [1.807, 2.05) is 6.07 Å². The van der Waals surface area contributed by atoms with Gasteiger partial charge in [-0.25, -0.2) is 9.97 Å². The molecule has 5 rings (SSSR count). The molecule has 7 nitrogen and oxygen atoms in total. The molecule has 0 radical (unpaired) electrons. The molecule has 0 bridgehead atoms. The van der Waals surface area contributed by atoms with Gasteiger partial charge >= 0.3 is 6.18 Å². The van der Waals surface area contributed by atoms with Crippen molar-refractivity contribution >= 4 is 17.0 Å². The third-order valence-corrected chi connectivity index (χ3v) is 5.65. The van der Waals surface area contributed by atoms with Crippen LogP contribution in [0.5, 0.6) is 0 Å². The number of piperazine rings is 1. The Morgan fingerprint density at radius 3 is 2.69 bits per heavy atom. The van der Waals surface area contributed by atoms with Gasteiger partial charge in [0, 0.05) is 55.9 Å². The van der Waals surface area contributed by atoms with Gasteiger partial charge in [0.25, 0.3) is 5.56 Å². The Morgan fingerprint density at radius 1 is 1.12 bits per heavy atom. The summed E-state index contributed by atoms with van der Waals surface area (Å²) < 4.78 is 43.7. The summed E-state index contributed by atoms with van der Waals surface area (Å²) in [5.74, 6) is 0. The van der Waals surface area contributed by atoms with E-state index >= 15 is 0 Å². The molecule has 4 aromatic heterocycles. The Balaban J connectivity index is 1.62. The van der Waals surface area contributed by atoms with Gasteiger partial charge in [0.15, 0.2) is 0 Å². The predicted octanol–water partition coefficient (Wildman–Crippen LogP) is 3.13. The Bertz CT molecular complexity index is 1390. The van der Waals surface area contributed by atoms with Crippen LogP contribution < -0.4 is 15.8 Å². The number of aromatic nitrogens is 4. The van der Waals surface area contributed by atoms with Crippen LogP contribution in [0.3, 0.4) is 0 Å². The van der Waals surface area contributed by atoms with E-state index < -0.39 is 11.7 Å². The van der Waals surface area contributed by atoms with E-state index in [4.69, 9.17) is 0 Å². The van der Waals surface area contributed by atoms with Crippen molar-refractivity contribution in [2.24, 2.45) is 0 Å². The van der Waals surface area contributed by atoms with Crippen molar-refractivity contribution in [2.45, 2.75) is 26.1 Å². The van der Waals surface area contributed by atoms with Crippen LogP contribution in [0, 0.1) is 6.92 Å². The molecule has 0 spiro atoms. The van der Waals surface area contributed by atoms with E-state index in [2.05, 4.69) is 27.1 Å². The zero-order chi connectivity index (χ0) is 22.6. The number of hydrogen-bond donors (Lipinski definition) is 1. The smallest absolute Gasteiger partial charge is 0.368 e. The molecule has 166 valence electrons. The Kier molecular flexibility index (Phi) is 4.70. The van der Waals surface area contributed by atoms with Crippen molar-refractivity contribution in [1.29, 1.82) is 0 Å². The van der Waals surface area contributed by atoms with Crippen molar-refractivity contribution in [1.82, 2.24) is 24.1 Å². The number of aryl methyl sites for hydroxylation is 1. The largest absolute Gasteiger partial charge is 0.420 e. The zero-order valence-corrected chi connectivity index (χ0v) is 17.5. The fourth-order valence-electron chi connectivity index (χ4n) is 4.16. The summed E-state index contributed by atoms with van der Waals surface area (Å²) in [7, 11) is 0. The first kappa shape index (κ1) is 20.5. The fraction of sp³-hybridized carbons (Fsp3) is 0.318. The third kappa shape index (κ3) is 3.60. The fourth-order valence-corrected chi connectivity index (χ4v) is 4.16. The average molecular weight is 442 g/mol. The number of nitrogens with zero attached hydrogens (tertiary/aromatic N) is 5. The second-order valence-corrected chi connectivity index (χ2v) is 8.15. The van der Waals surface area contributed by atoms with Gasteiger partial charge in [-0.05, 0) is 32.0 Å². The van der Waals surface area contributed by atoms with Crippen LogP contribution in [0.4, 0.5) is 18.9 Å². The normalized spacial score (nSPS) is 17.4. The molecule has 10 heteroatoms. The first-order chi connectivity index (χ1) is 15.2. The highest BCUT2D eigenvalue weighted by Crippen LogP contribution is 2.35. The molecule has 0 amide bonds. The summed E-state index contributed by atoms with van der Waals surface area (Å²) in [4.78, 5) is 23.5. The summed E-state index contributed by atoms with van der Waals surface area (Å²) in [5.41, 5.74) is 0.713. The number of halogens is 3. The maximum atomic E-state index is 13.7. The predicted molar refractivity (Wildman–Crippen MR) is 115 cm³/mol. The molecule has 0 aliphatic carbocycles. The SMILES string of the molecule is Cc1cn2cc(-c3cc(=O)n4cc(N5CCN[C@H](C)C5)ccc4n3)cc(C(F)(F)F)c2n1. The van der Waals surface area contributed by atoms with Crippen molar-refractivity contribution in [3.05, 3.63) is 64.5 Å². The van der Waals surface area contributed by atoms with Crippen LogP contribution in [-0.2, 0) is 6.18 Å². The average Bonchev–Trinajstić information content (AvgIpc) is 3.12. The van der Waals surface area contributed by atoms with E-state index in [-0.39, 0.29) is 22.5 Å². The topological polar surface area (TPSA) is 66.9 Å². The summed E-state index contributed by atoms with van der Waals surface area (Å²) in [6.45, 7) is 6.21. The second kappa shape index (κ2) is 7.33. The number of pyridine rings is 2. The molecule has 0 unspecified atom stereocenters. The molecule has 5 heterocycles. The highest BCUT2D eigenvalue weighted by molar-refractivity contribution is 5.67. The van der Waals surface area contributed by atoms with Crippen molar-refractivity contribution in [3.8, 4) is 11.3 Å². The number of hydrogen-bond acceptors (Lipinski definition) is 5. The second-order valence-electron chi connectivity index (χ2n) is 8.15. The van der Waals surface area contributed by atoms with Gasteiger partial charge in [-0.2, -0.15) is 13.2 Å². The van der Waals surface area contributed by atoms with E-state index in [9.17, 15) is 18.0 Å². The van der Waals surface area contributed by atoms with E-state index in [0.717, 1.165) is 31.4 Å². The third-order valence-electron chi connectivity index (χ3n) is 5.65. The highest BCUT2D eigenvalue weighted by atomic mass is 19.4. The quantitative estimate of drug-likeness (QED) is 0.517. The van der Waals surface area contributed by atoms with Gasteiger partial charge in [-0.3, -0.25) is 9.20 Å². The molecule has 32 heavy (non-hydrogen) atoms. The lowest BCUT2D eigenvalue weighted by molar-refractivity contribution is -0.136. The molecular weight excluding hydrogens is 421 g/mol. The molecule has 0 saturated carbocycles. The molecule has 1 aliphatic rings. The molecule has 1 N–H and O–H groups in total. The van der Waals surface area contributed by atoms with Crippen LogP contribution in [0.15, 0.2) is 47.7 Å². The maximum Gasteiger partial charge on any atom is 0.420 e. The van der Waals surface area contributed by atoms with Crippen LogP contribution in [0.1, 0.15) is 18.2 Å². The number of nitrogens with one attached hydrogen (secondary N) is 1. The number of imidazole rings is 1. The molecule has 1 aliphatic heterocycles. The number of anilines is 1. The van der Waals surface area contributed by atoms with Crippen LogP contribution in [0.25, 0.3) is 22.6 Å². The molecule has 4 aromatic rings. The Labute approximate surface area is 181 Å². The minimum atomic E-state index is -4.59. The Hall–Kier alpha value is -3.40. The van der Waals surface area contributed by atoms with Crippen LogP contribution in [0.2, 0.25) is 0 Å². The van der Waals surface area contributed by atoms with Crippen molar-refractivity contribution in [3.63, 3.8) is 0 Å². The van der Waals surface area contributed by atoms with Gasteiger partial charge in [-0.15, -0.1) is 0 Å². The van der Waals surface area contributed by atoms with Gasteiger partial charge in [0.05, 0.1) is 22.6 Å². The lowest BCUT2D eigenvalue weighted by atomic mass is 10.1. The molecule has 1 saturated heterocycles. The lowest BCUT2D eigenvalue weighted by Gasteiger charge is -2.33. The lowest BCUT2D eigenvalue weighted by Crippen LogP contribution is -2.49. The van der Waals surface area contributed by atoms with E-state index in [1.165, 1.54) is 27.3 Å². The number of rotatable bonds is 2. The molecule has 1 atom stereocenters. The molecule has 0 aromatic carbocycles. The van der Waals surface area contributed by atoms with Crippen LogP contribution in [-0.4, -0.2) is 44.4 Å². The standard InChI is InChI=1S/C22H21F3N6O/c1-13-9-29(6-5-26-13)16-3-4-19-28-18(8-20(32)31(19)12-16)15-7-17(22(23,24)25)21-27-14(2)10-30(21)11-15/h3-4,7-8,10-13,26H,5-6,9H2,1-2H3/t13-/m1/s1. The Morgan fingerprint density at radius 2 is 1.94 bits per heavy atom. The minimum absolute atomic E-state index is 0.175. The van der Waals surface area contributed by atoms with Gasteiger partial charge in [-0.1, -0.05) is 0 Å². The van der Waals surface area contributed by atoms with E-state index in [1.54, 1.807) is 19.2 Å². The zero-order valence-electron chi connectivity index (χ0n) is 17.5. The van der Waals surface area contributed by atoms with Gasteiger partial charge in [0.2, 0.25) is 0 Å². The van der Waals surface area contributed by atoms with E-state index in [0.29, 0.717) is 17.4 Å². The van der Waals surface area contributed by atoms with Crippen molar-refractivity contribution in [2.75, 3.05) is 24.5 Å².